The minimum absolute atomic E-state index is 0.250. The van der Waals surface area contributed by atoms with Crippen LogP contribution < -0.4 is 0 Å². The van der Waals surface area contributed by atoms with Crippen LogP contribution in [0.3, 0.4) is 0 Å². The van der Waals surface area contributed by atoms with Crippen LogP contribution in [0, 0.1) is 6.92 Å². The molecule has 0 saturated heterocycles. The number of rotatable bonds is 5. The number of benzene rings is 3. The summed E-state index contributed by atoms with van der Waals surface area (Å²) in [7, 11) is 1.34. The normalized spacial score (nSPS) is 16.0. The molecule has 0 radical (unpaired) electrons. The van der Waals surface area contributed by atoms with Gasteiger partial charge in [-0.3, -0.25) is 4.79 Å². The van der Waals surface area contributed by atoms with Gasteiger partial charge in [0.1, 0.15) is 0 Å². The van der Waals surface area contributed by atoms with Crippen LogP contribution in [0.2, 0.25) is 0 Å². The average Bonchev–Trinajstić information content (AvgIpc) is 3.05. The Morgan fingerprint density at radius 2 is 1.61 bits per heavy atom. The molecule has 0 fully saturated rings. The Bertz CT molecular complexity index is 1130. The first-order valence-electron chi connectivity index (χ1n) is 10.0. The van der Waals surface area contributed by atoms with E-state index in [-0.39, 0.29) is 5.76 Å². The van der Waals surface area contributed by atoms with Gasteiger partial charge in [-0.15, -0.1) is 0 Å². The highest BCUT2D eigenvalue weighted by atomic mass is 16.5. The monoisotopic (exact) mass is 413 g/mol. The summed E-state index contributed by atoms with van der Waals surface area (Å²) in [6.07, 6.45) is 0. The van der Waals surface area contributed by atoms with E-state index >= 15 is 0 Å². The number of aliphatic hydroxyl groups excluding tert-OH is 1. The van der Waals surface area contributed by atoms with Crippen molar-refractivity contribution in [3.8, 4) is 0 Å². The number of hydrogen-bond acceptors (Lipinski definition) is 4. The van der Waals surface area contributed by atoms with E-state index in [2.05, 4.69) is 0 Å². The van der Waals surface area contributed by atoms with Gasteiger partial charge < -0.3 is 14.7 Å². The molecule has 1 aliphatic rings. The fourth-order valence-electron chi connectivity index (χ4n) is 3.89. The lowest BCUT2D eigenvalue weighted by Crippen LogP contribution is -2.29. The number of ether oxygens (including phenoxy) is 1. The van der Waals surface area contributed by atoms with Gasteiger partial charge in [0.15, 0.2) is 5.76 Å². The quantitative estimate of drug-likeness (QED) is 0.608. The van der Waals surface area contributed by atoms with E-state index in [0.717, 1.165) is 22.3 Å². The van der Waals surface area contributed by atoms with Crippen LogP contribution in [-0.4, -0.2) is 29.0 Å². The Hall–Kier alpha value is -3.86. The third-order valence-electron chi connectivity index (χ3n) is 5.51. The maximum Gasteiger partial charge on any atom is 0.337 e. The van der Waals surface area contributed by atoms with Crippen LogP contribution in [0.1, 0.15) is 38.7 Å². The van der Waals surface area contributed by atoms with Crippen LogP contribution in [0.4, 0.5) is 0 Å². The number of aliphatic hydroxyl groups is 1. The first-order chi connectivity index (χ1) is 15.0. The Morgan fingerprint density at radius 1 is 0.968 bits per heavy atom. The van der Waals surface area contributed by atoms with E-state index in [1.807, 2.05) is 61.5 Å². The van der Waals surface area contributed by atoms with E-state index in [4.69, 9.17) is 4.74 Å². The number of nitrogens with zero attached hydrogens (tertiary/aromatic N) is 1. The summed E-state index contributed by atoms with van der Waals surface area (Å²) in [4.78, 5) is 26.6. The number of hydrogen-bond donors (Lipinski definition) is 1. The summed E-state index contributed by atoms with van der Waals surface area (Å²) in [6.45, 7) is 2.36. The molecule has 31 heavy (non-hydrogen) atoms. The number of aryl methyl sites for hydroxylation is 1. The number of esters is 1. The first kappa shape index (κ1) is 20.4. The molecule has 5 nitrogen and oxygen atoms in total. The predicted octanol–water partition coefficient (Wildman–Crippen LogP) is 4.83. The molecular weight excluding hydrogens is 390 g/mol. The molecule has 1 N–H and O–H groups in total. The van der Waals surface area contributed by atoms with Gasteiger partial charge in [0.25, 0.3) is 5.91 Å². The largest absolute Gasteiger partial charge is 0.503 e. The third-order valence-corrected chi connectivity index (χ3v) is 5.51. The van der Waals surface area contributed by atoms with Crippen molar-refractivity contribution in [1.29, 1.82) is 0 Å². The van der Waals surface area contributed by atoms with Crippen molar-refractivity contribution in [1.82, 2.24) is 4.90 Å². The first-order valence-corrected chi connectivity index (χ1v) is 10.0. The minimum atomic E-state index is -0.483. The second-order valence-corrected chi connectivity index (χ2v) is 7.56. The van der Waals surface area contributed by atoms with Gasteiger partial charge in [-0.05, 0) is 35.7 Å². The number of carbonyl (C=O) groups excluding carboxylic acids is 2. The maximum absolute atomic E-state index is 13.1. The lowest BCUT2D eigenvalue weighted by atomic mass is 9.93. The van der Waals surface area contributed by atoms with E-state index in [9.17, 15) is 14.7 Å². The molecule has 0 aromatic heterocycles. The van der Waals surface area contributed by atoms with E-state index in [1.165, 1.54) is 7.11 Å². The van der Waals surface area contributed by atoms with Gasteiger partial charge in [-0.2, -0.15) is 0 Å². The van der Waals surface area contributed by atoms with Crippen molar-refractivity contribution < 1.29 is 19.4 Å². The van der Waals surface area contributed by atoms with E-state index in [0.29, 0.717) is 17.7 Å². The van der Waals surface area contributed by atoms with Gasteiger partial charge in [0.05, 0.1) is 18.7 Å². The lowest BCUT2D eigenvalue weighted by Gasteiger charge is -2.27. The Balaban J connectivity index is 1.78. The Labute approximate surface area is 181 Å². The lowest BCUT2D eigenvalue weighted by molar-refractivity contribution is -0.130. The molecule has 5 heteroatoms. The summed E-state index contributed by atoms with van der Waals surface area (Å²) in [5, 5.41) is 10.8. The van der Waals surface area contributed by atoms with Crippen molar-refractivity contribution in [2.24, 2.45) is 0 Å². The number of methoxy groups -OCH3 is 1. The van der Waals surface area contributed by atoms with Crippen molar-refractivity contribution in [3.63, 3.8) is 0 Å². The topological polar surface area (TPSA) is 66.8 Å². The highest BCUT2D eigenvalue weighted by Crippen LogP contribution is 2.43. The molecule has 0 aliphatic carbocycles. The highest BCUT2D eigenvalue weighted by Gasteiger charge is 2.41. The Kier molecular flexibility index (Phi) is 5.58. The third kappa shape index (κ3) is 3.94. The molecule has 4 rings (SSSR count). The molecule has 1 aliphatic heterocycles. The van der Waals surface area contributed by atoms with E-state index in [1.54, 1.807) is 29.2 Å². The number of amides is 1. The van der Waals surface area contributed by atoms with Gasteiger partial charge >= 0.3 is 5.97 Å². The summed E-state index contributed by atoms with van der Waals surface area (Å²) in [5.74, 6) is -1.09. The fourth-order valence-corrected chi connectivity index (χ4v) is 3.89. The summed E-state index contributed by atoms with van der Waals surface area (Å²) < 4.78 is 4.78. The van der Waals surface area contributed by atoms with Gasteiger partial charge in [-0.1, -0.05) is 72.3 Å². The second kappa shape index (κ2) is 8.48. The van der Waals surface area contributed by atoms with Gasteiger partial charge in [-0.25, -0.2) is 4.79 Å². The minimum Gasteiger partial charge on any atom is -0.503 e. The standard InChI is InChI=1S/C26H23NO4/c1-17-8-10-18(11-9-17)16-27-23(20-12-14-21(15-13-20)26(30)31-2)22(24(28)25(27)29)19-6-4-3-5-7-19/h3-15,23,28H,16H2,1-2H3/t23-/m1/s1. The molecule has 1 heterocycles. The summed E-state index contributed by atoms with van der Waals surface area (Å²) in [6, 6.07) is 23.8. The zero-order valence-electron chi connectivity index (χ0n) is 17.4. The van der Waals surface area contributed by atoms with Crippen LogP contribution in [0.15, 0.2) is 84.6 Å². The van der Waals surface area contributed by atoms with Crippen LogP contribution in [-0.2, 0) is 16.1 Å². The summed E-state index contributed by atoms with van der Waals surface area (Å²) >= 11 is 0. The van der Waals surface area contributed by atoms with Crippen LogP contribution in [0.5, 0.6) is 0 Å². The fraction of sp³-hybridized carbons (Fsp3) is 0.154. The predicted molar refractivity (Wildman–Crippen MR) is 118 cm³/mol. The van der Waals surface area contributed by atoms with Crippen molar-refractivity contribution in [2.45, 2.75) is 19.5 Å². The van der Waals surface area contributed by atoms with E-state index < -0.39 is 17.9 Å². The van der Waals surface area contributed by atoms with Gasteiger partial charge in [0.2, 0.25) is 0 Å². The van der Waals surface area contributed by atoms with Crippen molar-refractivity contribution in [2.75, 3.05) is 7.11 Å². The van der Waals surface area contributed by atoms with Crippen molar-refractivity contribution >= 4 is 17.4 Å². The van der Waals surface area contributed by atoms with Gasteiger partial charge in [0, 0.05) is 12.1 Å². The van der Waals surface area contributed by atoms with Crippen LogP contribution >= 0.6 is 0 Å². The highest BCUT2D eigenvalue weighted by molar-refractivity contribution is 6.05. The average molecular weight is 413 g/mol. The molecule has 0 spiro atoms. The molecule has 0 bridgehead atoms. The molecule has 1 amide bonds. The Morgan fingerprint density at radius 3 is 2.23 bits per heavy atom. The molecule has 0 saturated carbocycles. The smallest absolute Gasteiger partial charge is 0.337 e. The van der Waals surface area contributed by atoms with Crippen LogP contribution in [0.25, 0.3) is 5.57 Å². The number of carbonyl (C=O) groups is 2. The molecular formula is C26H23NO4. The molecule has 3 aromatic rings. The molecule has 0 unspecified atom stereocenters. The SMILES string of the molecule is COC(=O)c1ccc([C@@H]2C(c3ccccc3)=C(O)C(=O)N2Cc2ccc(C)cc2)cc1. The molecule has 3 aromatic carbocycles. The zero-order valence-corrected chi connectivity index (χ0v) is 17.4. The molecule has 156 valence electrons. The summed E-state index contributed by atoms with van der Waals surface area (Å²) in [5.41, 5.74) is 4.67. The van der Waals surface area contributed by atoms with Crippen molar-refractivity contribution in [3.05, 3.63) is 112 Å². The molecule has 1 atom stereocenters. The maximum atomic E-state index is 13.1. The zero-order chi connectivity index (χ0) is 22.0. The second-order valence-electron chi connectivity index (χ2n) is 7.56.